The van der Waals surface area contributed by atoms with Crippen LogP contribution in [0.5, 0.6) is 5.75 Å². The highest BCUT2D eigenvalue weighted by molar-refractivity contribution is 5.69. The molecule has 0 aliphatic heterocycles. The Hall–Kier alpha value is -2.08. The molecule has 0 spiro atoms. The molecule has 1 heterocycles. The summed E-state index contributed by atoms with van der Waals surface area (Å²) < 4.78 is 15.8. The first kappa shape index (κ1) is 23.0. The van der Waals surface area contributed by atoms with Gasteiger partial charge in [-0.15, -0.1) is 0 Å². The molecule has 1 aromatic heterocycles. The summed E-state index contributed by atoms with van der Waals surface area (Å²) in [6.45, 7) is 4.65. The fraction of sp³-hybridized carbons (Fsp3) is 0.619. The molecule has 0 aliphatic rings. The summed E-state index contributed by atoms with van der Waals surface area (Å²) in [6.07, 6.45) is 10.4. The van der Waals surface area contributed by atoms with Gasteiger partial charge in [-0.2, -0.15) is 0 Å². The van der Waals surface area contributed by atoms with E-state index in [2.05, 4.69) is 6.92 Å². The summed E-state index contributed by atoms with van der Waals surface area (Å²) in [6, 6.07) is 1.31. The zero-order chi connectivity index (χ0) is 19.9. The third kappa shape index (κ3) is 9.99. The number of aliphatic hydroxyl groups is 1. The molecule has 0 saturated carbocycles. The van der Waals surface area contributed by atoms with Gasteiger partial charge in [0.15, 0.2) is 5.76 Å². The Morgan fingerprint density at radius 1 is 1.22 bits per heavy atom. The second-order valence-corrected chi connectivity index (χ2v) is 6.36. The van der Waals surface area contributed by atoms with Crippen LogP contribution >= 0.6 is 0 Å². The summed E-state index contributed by atoms with van der Waals surface area (Å²) in [4.78, 5) is 23.3. The Balaban J connectivity index is 2.46. The number of hydrogen-bond acceptors (Lipinski definition) is 6. The van der Waals surface area contributed by atoms with Gasteiger partial charge in [-0.1, -0.05) is 32.3 Å². The Morgan fingerprint density at radius 2 is 2.04 bits per heavy atom. The molecule has 0 amide bonds. The van der Waals surface area contributed by atoms with Crippen LogP contribution in [0.4, 0.5) is 0 Å². The Labute approximate surface area is 161 Å². The van der Waals surface area contributed by atoms with Gasteiger partial charge in [0.05, 0.1) is 25.6 Å². The first-order chi connectivity index (χ1) is 13.1. The lowest BCUT2D eigenvalue weighted by molar-refractivity contribution is -0.143. The van der Waals surface area contributed by atoms with E-state index < -0.39 is 6.10 Å². The maximum atomic E-state index is 12.0. The van der Waals surface area contributed by atoms with Gasteiger partial charge in [0.2, 0.25) is 11.2 Å². The number of unbranched alkanes of at least 4 members (excludes halogenated alkanes) is 4. The van der Waals surface area contributed by atoms with Gasteiger partial charge in [-0.25, -0.2) is 0 Å². The number of aliphatic hydroxyl groups excluding tert-OH is 1. The maximum absolute atomic E-state index is 12.0. The molecule has 0 saturated heterocycles. The van der Waals surface area contributed by atoms with E-state index in [-0.39, 0.29) is 17.1 Å². The van der Waals surface area contributed by atoms with Crippen LogP contribution in [0, 0.1) is 0 Å². The molecule has 0 bridgehead atoms. The van der Waals surface area contributed by atoms with Crippen molar-refractivity contribution in [2.45, 2.75) is 71.3 Å². The molecule has 0 radical (unpaired) electrons. The van der Waals surface area contributed by atoms with Crippen LogP contribution in [0.15, 0.2) is 27.6 Å². The van der Waals surface area contributed by atoms with Crippen LogP contribution in [0.3, 0.4) is 0 Å². The monoisotopic (exact) mass is 380 g/mol. The smallest absolute Gasteiger partial charge is 0.305 e. The van der Waals surface area contributed by atoms with E-state index in [1.807, 2.05) is 0 Å². The standard InChI is InChI=1S/C21H32O6/c1-3-5-7-10-17(22)12-13-19-21(18(23)14-16-26-19)27-15-9-6-8-11-20(24)25-4-2/h12-14,16-17,22H,3-11,15H2,1-2H3. The summed E-state index contributed by atoms with van der Waals surface area (Å²) in [7, 11) is 0. The predicted molar refractivity (Wildman–Crippen MR) is 105 cm³/mol. The van der Waals surface area contributed by atoms with E-state index in [0.717, 1.165) is 38.5 Å². The zero-order valence-electron chi connectivity index (χ0n) is 16.4. The van der Waals surface area contributed by atoms with Crippen molar-refractivity contribution < 1.29 is 23.8 Å². The average molecular weight is 380 g/mol. The zero-order valence-corrected chi connectivity index (χ0v) is 16.4. The molecule has 1 N–H and O–H groups in total. The lowest BCUT2D eigenvalue weighted by Crippen LogP contribution is -2.10. The van der Waals surface area contributed by atoms with E-state index in [1.165, 1.54) is 12.3 Å². The molecule has 152 valence electrons. The molecule has 0 aliphatic carbocycles. The minimum absolute atomic E-state index is 0.153. The summed E-state index contributed by atoms with van der Waals surface area (Å²) in [5.74, 6) is 0.274. The Morgan fingerprint density at radius 3 is 2.78 bits per heavy atom. The van der Waals surface area contributed by atoms with Crippen molar-refractivity contribution >= 4 is 12.0 Å². The third-order valence-electron chi connectivity index (χ3n) is 4.01. The van der Waals surface area contributed by atoms with Gasteiger partial charge >= 0.3 is 5.97 Å². The lowest BCUT2D eigenvalue weighted by atomic mass is 10.1. The highest BCUT2D eigenvalue weighted by Gasteiger charge is 2.09. The molecular weight excluding hydrogens is 348 g/mol. The van der Waals surface area contributed by atoms with Crippen molar-refractivity contribution in [1.29, 1.82) is 0 Å². The Bertz CT molecular complexity index is 619. The van der Waals surface area contributed by atoms with Crippen LogP contribution in [-0.4, -0.2) is 30.4 Å². The number of carbonyl (C=O) groups excluding carboxylic acids is 1. The maximum Gasteiger partial charge on any atom is 0.305 e. The van der Waals surface area contributed by atoms with Crippen LogP contribution < -0.4 is 10.2 Å². The third-order valence-corrected chi connectivity index (χ3v) is 4.01. The first-order valence-corrected chi connectivity index (χ1v) is 9.85. The summed E-state index contributed by atoms with van der Waals surface area (Å²) in [5.41, 5.74) is -0.257. The molecule has 1 unspecified atom stereocenters. The van der Waals surface area contributed by atoms with Crippen LogP contribution in [0.25, 0.3) is 6.08 Å². The van der Waals surface area contributed by atoms with Crippen molar-refractivity contribution in [3.63, 3.8) is 0 Å². The lowest BCUT2D eigenvalue weighted by Gasteiger charge is -2.08. The highest BCUT2D eigenvalue weighted by atomic mass is 16.5. The van der Waals surface area contributed by atoms with Gasteiger partial charge in [0, 0.05) is 12.5 Å². The Kier molecular flexibility index (Phi) is 11.9. The van der Waals surface area contributed by atoms with Crippen molar-refractivity contribution in [3.05, 3.63) is 34.4 Å². The highest BCUT2D eigenvalue weighted by Crippen LogP contribution is 2.17. The van der Waals surface area contributed by atoms with E-state index in [0.29, 0.717) is 31.8 Å². The van der Waals surface area contributed by atoms with Gasteiger partial charge < -0.3 is 19.0 Å². The molecular formula is C21H32O6. The van der Waals surface area contributed by atoms with E-state index >= 15 is 0 Å². The largest absolute Gasteiger partial charge is 0.486 e. The van der Waals surface area contributed by atoms with Gasteiger partial charge in [-0.05, 0) is 38.7 Å². The molecule has 6 nitrogen and oxygen atoms in total. The number of ether oxygens (including phenoxy) is 2. The van der Waals surface area contributed by atoms with E-state index in [9.17, 15) is 14.7 Å². The van der Waals surface area contributed by atoms with Crippen molar-refractivity contribution in [2.24, 2.45) is 0 Å². The van der Waals surface area contributed by atoms with Gasteiger partial charge in [0.25, 0.3) is 0 Å². The van der Waals surface area contributed by atoms with Gasteiger partial charge in [0.1, 0.15) is 0 Å². The minimum Gasteiger partial charge on any atom is -0.486 e. The number of hydrogen-bond donors (Lipinski definition) is 1. The molecule has 0 fully saturated rings. The number of rotatable bonds is 14. The van der Waals surface area contributed by atoms with Crippen molar-refractivity contribution in [2.75, 3.05) is 13.2 Å². The van der Waals surface area contributed by atoms with Crippen LogP contribution in [0.1, 0.15) is 71.0 Å². The number of esters is 1. The van der Waals surface area contributed by atoms with Crippen LogP contribution in [0.2, 0.25) is 0 Å². The summed E-state index contributed by atoms with van der Waals surface area (Å²) in [5, 5.41) is 9.97. The summed E-state index contributed by atoms with van der Waals surface area (Å²) >= 11 is 0. The number of carbonyl (C=O) groups is 1. The second-order valence-electron chi connectivity index (χ2n) is 6.36. The normalized spacial score (nSPS) is 12.3. The van der Waals surface area contributed by atoms with Crippen LogP contribution in [-0.2, 0) is 9.53 Å². The molecule has 1 aromatic rings. The van der Waals surface area contributed by atoms with E-state index in [1.54, 1.807) is 19.1 Å². The fourth-order valence-corrected chi connectivity index (χ4v) is 2.53. The topological polar surface area (TPSA) is 86.0 Å². The predicted octanol–water partition coefficient (Wildman–Crippen LogP) is 4.10. The second kappa shape index (κ2) is 14.0. The van der Waals surface area contributed by atoms with Crippen molar-refractivity contribution in [3.8, 4) is 5.75 Å². The van der Waals surface area contributed by atoms with Crippen molar-refractivity contribution in [1.82, 2.24) is 0 Å². The van der Waals surface area contributed by atoms with Gasteiger partial charge in [-0.3, -0.25) is 9.59 Å². The average Bonchev–Trinajstić information content (AvgIpc) is 2.64. The molecule has 27 heavy (non-hydrogen) atoms. The molecule has 1 rings (SSSR count). The fourth-order valence-electron chi connectivity index (χ4n) is 2.53. The molecule has 1 atom stereocenters. The minimum atomic E-state index is -0.571. The van der Waals surface area contributed by atoms with E-state index in [4.69, 9.17) is 13.9 Å². The molecule has 0 aromatic carbocycles. The molecule has 6 heteroatoms. The quantitative estimate of drug-likeness (QED) is 0.386. The first-order valence-electron chi connectivity index (χ1n) is 9.85. The SMILES string of the molecule is CCCCCC(O)C=Cc1occc(=O)c1OCCCCCC(=O)OCC.